The second-order valence-corrected chi connectivity index (χ2v) is 6.40. The molecule has 1 aliphatic rings. The quantitative estimate of drug-likeness (QED) is 0.881. The Bertz CT molecular complexity index is 716. The zero-order valence-electron chi connectivity index (χ0n) is 13.5. The highest BCUT2D eigenvalue weighted by molar-refractivity contribution is 6.33. The number of para-hydroxylation sites is 1. The van der Waals surface area contributed by atoms with Crippen molar-refractivity contribution in [3.63, 3.8) is 0 Å². The van der Waals surface area contributed by atoms with Crippen LogP contribution in [0, 0.1) is 5.92 Å². The smallest absolute Gasteiger partial charge is 0.324 e. The number of nitrogens with zero attached hydrogens (tertiary/aromatic N) is 3. The third-order valence-corrected chi connectivity index (χ3v) is 4.45. The van der Waals surface area contributed by atoms with E-state index in [0.717, 1.165) is 37.7 Å². The summed E-state index contributed by atoms with van der Waals surface area (Å²) in [5.41, 5.74) is 0.552. The SMILES string of the molecule is CC1CCN(c2cc(NC(=O)Nc3ccccc3Cl)ncn2)CC1. The number of aromatic nitrogens is 2. The Kier molecular flexibility index (Phi) is 5.15. The van der Waals surface area contributed by atoms with Gasteiger partial charge in [0.05, 0.1) is 10.7 Å². The van der Waals surface area contributed by atoms with Gasteiger partial charge in [0.15, 0.2) is 0 Å². The van der Waals surface area contributed by atoms with E-state index in [1.807, 2.05) is 12.1 Å². The highest BCUT2D eigenvalue weighted by atomic mass is 35.5. The molecule has 2 heterocycles. The lowest BCUT2D eigenvalue weighted by Crippen LogP contribution is -2.33. The molecule has 6 nitrogen and oxygen atoms in total. The highest BCUT2D eigenvalue weighted by Gasteiger charge is 2.17. The number of carbonyl (C=O) groups is 1. The van der Waals surface area contributed by atoms with Crippen LogP contribution in [-0.2, 0) is 0 Å². The molecule has 2 amide bonds. The van der Waals surface area contributed by atoms with Gasteiger partial charge in [-0.05, 0) is 30.9 Å². The van der Waals surface area contributed by atoms with E-state index in [9.17, 15) is 4.79 Å². The van der Waals surface area contributed by atoms with Crippen molar-refractivity contribution in [3.8, 4) is 0 Å². The van der Waals surface area contributed by atoms with Crippen LogP contribution >= 0.6 is 11.6 Å². The van der Waals surface area contributed by atoms with Crippen LogP contribution in [0.3, 0.4) is 0 Å². The second kappa shape index (κ2) is 7.49. The van der Waals surface area contributed by atoms with Gasteiger partial charge < -0.3 is 10.2 Å². The zero-order valence-corrected chi connectivity index (χ0v) is 14.3. The first-order valence-electron chi connectivity index (χ1n) is 8.01. The summed E-state index contributed by atoms with van der Waals surface area (Å²) in [6.07, 6.45) is 3.78. The van der Waals surface area contributed by atoms with Gasteiger partial charge in [0.25, 0.3) is 0 Å². The van der Waals surface area contributed by atoms with E-state index in [4.69, 9.17) is 11.6 Å². The van der Waals surface area contributed by atoms with Crippen molar-refractivity contribution in [1.82, 2.24) is 9.97 Å². The van der Waals surface area contributed by atoms with Crippen molar-refractivity contribution in [2.24, 2.45) is 5.92 Å². The summed E-state index contributed by atoms with van der Waals surface area (Å²) >= 11 is 6.04. The van der Waals surface area contributed by atoms with Crippen molar-refractivity contribution in [1.29, 1.82) is 0 Å². The number of rotatable bonds is 3. The summed E-state index contributed by atoms with van der Waals surface area (Å²) in [5, 5.41) is 5.91. The van der Waals surface area contributed by atoms with Crippen LogP contribution in [0.4, 0.5) is 22.1 Å². The second-order valence-electron chi connectivity index (χ2n) is 5.99. The van der Waals surface area contributed by atoms with Gasteiger partial charge in [-0.2, -0.15) is 0 Å². The number of nitrogens with one attached hydrogen (secondary N) is 2. The van der Waals surface area contributed by atoms with Crippen molar-refractivity contribution in [2.45, 2.75) is 19.8 Å². The fourth-order valence-electron chi connectivity index (χ4n) is 2.66. The molecule has 1 saturated heterocycles. The van der Waals surface area contributed by atoms with Gasteiger partial charge in [-0.25, -0.2) is 14.8 Å². The number of hydrogen-bond donors (Lipinski definition) is 2. The number of amides is 2. The molecule has 24 heavy (non-hydrogen) atoms. The van der Waals surface area contributed by atoms with Crippen LogP contribution < -0.4 is 15.5 Å². The van der Waals surface area contributed by atoms with E-state index in [1.165, 1.54) is 6.33 Å². The Balaban J connectivity index is 1.64. The van der Waals surface area contributed by atoms with Gasteiger partial charge >= 0.3 is 6.03 Å². The molecule has 0 unspecified atom stereocenters. The topological polar surface area (TPSA) is 70.2 Å². The molecule has 0 saturated carbocycles. The molecule has 126 valence electrons. The monoisotopic (exact) mass is 345 g/mol. The molecule has 1 aromatic heterocycles. The van der Waals surface area contributed by atoms with E-state index in [2.05, 4.69) is 32.4 Å². The van der Waals surface area contributed by atoms with Crippen LogP contribution in [0.5, 0.6) is 0 Å². The average Bonchev–Trinajstić information content (AvgIpc) is 2.58. The van der Waals surface area contributed by atoms with Gasteiger partial charge in [-0.15, -0.1) is 0 Å². The zero-order chi connectivity index (χ0) is 16.9. The van der Waals surface area contributed by atoms with Crippen molar-refractivity contribution in [2.75, 3.05) is 28.6 Å². The first kappa shape index (κ1) is 16.5. The predicted octanol–water partition coefficient (Wildman–Crippen LogP) is 4.01. The molecule has 7 heteroatoms. The van der Waals surface area contributed by atoms with Gasteiger partial charge in [0.1, 0.15) is 18.0 Å². The lowest BCUT2D eigenvalue weighted by Gasteiger charge is -2.31. The maximum Gasteiger partial charge on any atom is 0.324 e. The number of benzene rings is 1. The number of carbonyl (C=O) groups excluding carboxylic acids is 1. The number of hydrogen-bond acceptors (Lipinski definition) is 4. The molecule has 0 bridgehead atoms. The number of piperidine rings is 1. The Morgan fingerprint density at radius 1 is 1.21 bits per heavy atom. The van der Waals surface area contributed by atoms with Crippen LogP contribution in [0.1, 0.15) is 19.8 Å². The first-order valence-corrected chi connectivity index (χ1v) is 8.39. The summed E-state index contributed by atoms with van der Waals surface area (Å²) in [6.45, 7) is 4.22. The van der Waals surface area contributed by atoms with Gasteiger partial charge in [-0.1, -0.05) is 30.7 Å². The molecule has 0 spiro atoms. The fourth-order valence-corrected chi connectivity index (χ4v) is 2.84. The molecule has 2 aromatic rings. The van der Waals surface area contributed by atoms with Crippen LogP contribution in [0.15, 0.2) is 36.7 Å². The minimum absolute atomic E-state index is 0.389. The maximum atomic E-state index is 12.1. The summed E-state index contributed by atoms with van der Waals surface area (Å²) in [6, 6.07) is 8.48. The largest absolute Gasteiger partial charge is 0.356 e. The third kappa shape index (κ3) is 4.14. The molecule has 0 aliphatic carbocycles. The average molecular weight is 346 g/mol. The molecule has 0 atom stereocenters. The van der Waals surface area contributed by atoms with Crippen molar-refractivity contribution in [3.05, 3.63) is 41.7 Å². The Labute approximate surface area is 146 Å². The molecule has 1 aromatic carbocycles. The number of anilines is 3. The van der Waals surface area contributed by atoms with E-state index >= 15 is 0 Å². The highest BCUT2D eigenvalue weighted by Crippen LogP contribution is 2.23. The van der Waals surface area contributed by atoms with Gasteiger partial charge in [-0.3, -0.25) is 5.32 Å². The molecular weight excluding hydrogens is 326 g/mol. The molecule has 1 fully saturated rings. The molecular formula is C17H20ClN5O. The summed E-state index contributed by atoms with van der Waals surface area (Å²) in [5.74, 6) is 2.05. The van der Waals surface area contributed by atoms with Crippen LogP contribution in [0.25, 0.3) is 0 Å². The number of halogens is 1. The van der Waals surface area contributed by atoms with Gasteiger partial charge in [0.2, 0.25) is 0 Å². The lowest BCUT2D eigenvalue weighted by molar-refractivity contribution is 0.262. The van der Waals surface area contributed by atoms with E-state index in [1.54, 1.807) is 18.2 Å². The Morgan fingerprint density at radius 2 is 1.96 bits per heavy atom. The predicted molar refractivity (Wildman–Crippen MR) is 96.7 cm³/mol. The molecule has 3 rings (SSSR count). The Morgan fingerprint density at radius 3 is 2.71 bits per heavy atom. The van der Waals surface area contributed by atoms with Crippen molar-refractivity contribution >= 4 is 35.0 Å². The van der Waals surface area contributed by atoms with E-state index in [0.29, 0.717) is 16.5 Å². The van der Waals surface area contributed by atoms with Crippen LogP contribution in [-0.4, -0.2) is 29.1 Å². The van der Waals surface area contributed by atoms with E-state index in [-0.39, 0.29) is 6.03 Å². The minimum atomic E-state index is -0.389. The summed E-state index contributed by atoms with van der Waals surface area (Å²) in [4.78, 5) is 22.8. The fraction of sp³-hybridized carbons (Fsp3) is 0.353. The number of urea groups is 1. The van der Waals surface area contributed by atoms with Gasteiger partial charge in [0, 0.05) is 19.2 Å². The Hall–Kier alpha value is -2.34. The minimum Gasteiger partial charge on any atom is -0.356 e. The normalized spacial score (nSPS) is 15.2. The maximum absolute atomic E-state index is 12.1. The summed E-state index contributed by atoms with van der Waals surface area (Å²) in [7, 11) is 0. The first-order chi connectivity index (χ1) is 11.6. The molecule has 2 N–H and O–H groups in total. The summed E-state index contributed by atoms with van der Waals surface area (Å²) < 4.78 is 0. The van der Waals surface area contributed by atoms with Crippen LogP contribution in [0.2, 0.25) is 5.02 Å². The third-order valence-electron chi connectivity index (χ3n) is 4.12. The standard InChI is InChI=1S/C17H20ClN5O/c1-12-6-8-23(9-7-12)16-10-15(19-11-20-16)22-17(24)21-14-5-3-2-4-13(14)18/h2-5,10-12H,6-9H2,1H3,(H2,19,20,21,22,24). The van der Waals surface area contributed by atoms with Crippen molar-refractivity contribution < 1.29 is 4.79 Å². The molecule has 0 radical (unpaired) electrons. The lowest BCUT2D eigenvalue weighted by atomic mass is 9.99. The molecule has 1 aliphatic heterocycles. The van der Waals surface area contributed by atoms with E-state index < -0.39 is 0 Å².